The van der Waals surface area contributed by atoms with Gasteiger partial charge in [0.25, 0.3) is 0 Å². The molecule has 22 valence electrons. The Balaban J connectivity index is 2.55. The van der Waals surface area contributed by atoms with Crippen molar-refractivity contribution < 1.29 is 5.11 Å². The fourth-order valence-electron chi connectivity index (χ4n) is 0. The molecule has 0 saturated heterocycles. The van der Waals surface area contributed by atoms with Crippen LogP contribution in [0.5, 0.6) is 0 Å². The van der Waals surface area contributed by atoms with Crippen molar-refractivity contribution in [3.8, 4) is 0 Å². The average molecular weight is 56.1 g/mol. The third-order valence-corrected chi connectivity index (χ3v) is 0.118. The van der Waals surface area contributed by atoms with Crippen LogP contribution in [-0.4, -0.2) is 0 Å². The first-order valence-electron chi connectivity index (χ1n) is 1.02. The van der Waals surface area contributed by atoms with E-state index in [2.05, 4.69) is 6.08 Å². The molecule has 0 aromatic rings. The van der Waals surface area contributed by atoms with E-state index in [1.165, 1.54) is 0 Å². The highest BCUT2D eigenvalue weighted by molar-refractivity contribution is 4.47. The van der Waals surface area contributed by atoms with Gasteiger partial charge >= 0.3 is 0 Å². The van der Waals surface area contributed by atoms with Crippen molar-refractivity contribution in [2.75, 3.05) is 0 Å². The summed E-state index contributed by atoms with van der Waals surface area (Å²) in [5.41, 5.74) is 0. The van der Waals surface area contributed by atoms with Crippen molar-refractivity contribution in [1.82, 2.24) is 0 Å². The summed E-state index contributed by atoms with van der Waals surface area (Å²) in [7, 11) is 0. The first-order chi connectivity index (χ1) is 1.91. The molecule has 0 fully saturated rings. The van der Waals surface area contributed by atoms with Crippen LogP contribution in [0.2, 0.25) is 0 Å². The minimum Gasteiger partial charge on any atom is -0.298 e. The van der Waals surface area contributed by atoms with Crippen LogP contribution in [0.1, 0.15) is 6.92 Å². The van der Waals surface area contributed by atoms with Crippen molar-refractivity contribution in [2.24, 2.45) is 0 Å². The van der Waals surface area contributed by atoms with Crippen molar-refractivity contribution >= 4 is 0 Å². The Morgan fingerprint density at radius 3 is 2.25 bits per heavy atom. The van der Waals surface area contributed by atoms with Gasteiger partial charge in [0.1, 0.15) is 6.26 Å². The molecule has 2 radical (unpaired) electrons. The second-order valence-corrected chi connectivity index (χ2v) is 0.407. The quantitative estimate of drug-likeness (QED) is 0.365. The van der Waals surface area contributed by atoms with Gasteiger partial charge in [0.15, 0.2) is 0 Å². The molecule has 0 aromatic carbocycles. The van der Waals surface area contributed by atoms with Gasteiger partial charge in [-0.15, -0.1) is 0 Å². The van der Waals surface area contributed by atoms with Crippen LogP contribution in [0.4, 0.5) is 0 Å². The monoisotopic (exact) mass is 56.0 g/mol. The molecular formula is C3H4O. The molecule has 4 heavy (non-hydrogen) atoms. The minimum absolute atomic E-state index is 0.625. The van der Waals surface area contributed by atoms with E-state index in [0.717, 1.165) is 0 Å². The van der Waals surface area contributed by atoms with E-state index in [-0.39, 0.29) is 0 Å². The predicted octanol–water partition coefficient (Wildman–Crippen LogP) is 0.754. The third-order valence-electron chi connectivity index (χ3n) is 0.118. The zero-order valence-corrected chi connectivity index (χ0v) is 2.49. The molecule has 0 unspecified atom stereocenters. The van der Waals surface area contributed by atoms with E-state index in [1.807, 2.05) is 0 Å². The van der Waals surface area contributed by atoms with Crippen molar-refractivity contribution in [3.05, 3.63) is 12.3 Å². The Hall–Kier alpha value is -0.460. The van der Waals surface area contributed by atoms with Crippen LogP contribution in [0, 0.1) is 6.08 Å². The normalized spacial score (nSPS) is 9.25. The van der Waals surface area contributed by atoms with Crippen LogP contribution >= 0.6 is 0 Å². The van der Waals surface area contributed by atoms with Gasteiger partial charge in [-0.2, -0.15) is 0 Å². The first kappa shape index (κ1) is 3.54. The number of rotatable bonds is 0. The summed E-state index contributed by atoms with van der Waals surface area (Å²) in [4.78, 5) is 0. The molecule has 0 amide bonds. The molecule has 0 N–H and O–H groups in total. The minimum atomic E-state index is 0.625. The molecule has 0 atom stereocenters. The third kappa shape index (κ3) is 1.54. The van der Waals surface area contributed by atoms with Gasteiger partial charge in [0, 0.05) is 0 Å². The summed E-state index contributed by atoms with van der Waals surface area (Å²) in [5, 5.41) is 9.06. The predicted molar refractivity (Wildman–Crippen MR) is 14.2 cm³/mol. The molecular weight excluding hydrogens is 52.0 g/mol. The summed E-state index contributed by atoms with van der Waals surface area (Å²) in [6.45, 7) is 1.56. The van der Waals surface area contributed by atoms with Crippen LogP contribution < -0.4 is 0 Å². The lowest BCUT2D eigenvalue weighted by Crippen LogP contribution is -1.34. The molecule has 0 aliphatic rings. The molecule has 0 aromatic heterocycles. The lowest BCUT2D eigenvalue weighted by Gasteiger charge is -1.43. The Morgan fingerprint density at radius 1 is 2.00 bits per heavy atom. The van der Waals surface area contributed by atoms with Gasteiger partial charge in [-0.1, -0.05) is 0 Å². The lowest BCUT2D eigenvalue weighted by molar-refractivity contribution is 0.349. The Bertz CT molecular complexity index is 18.5. The maximum absolute atomic E-state index is 9.06. The fourth-order valence-corrected chi connectivity index (χ4v) is 0. The Labute approximate surface area is 25.6 Å². The lowest BCUT2D eigenvalue weighted by atomic mass is 10.8. The number of hydrogen-bond acceptors (Lipinski definition) is 0. The molecule has 0 aliphatic heterocycles. The summed E-state index contributed by atoms with van der Waals surface area (Å²) in [5.74, 6) is 0. The van der Waals surface area contributed by atoms with E-state index in [0.29, 0.717) is 6.26 Å². The second-order valence-electron chi connectivity index (χ2n) is 0.407. The number of allylic oxidation sites excluding steroid dienone is 1. The SMILES string of the molecule is C/[C]=C/[O]. The topological polar surface area (TPSA) is 19.9 Å². The molecule has 0 rings (SSSR count). The standard InChI is InChI=1S/C3H4O/c1-2-3-4/h3H,1H3. The Kier molecular flexibility index (Phi) is 2.25. The van der Waals surface area contributed by atoms with Gasteiger partial charge in [0.05, 0.1) is 0 Å². The summed E-state index contributed by atoms with van der Waals surface area (Å²) >= 11 is 0. The van der Waals surface area contributed by atoms with E-state index in [9.17, 15) is 0 Å². The van der Waals surface area contributed by atoms with Gasteiger partial charge in [0.2, 0.25) is 0 Å². The van der Waals surface area contributed by atoms with Gasteiger partial charge in [-0.05, 0) is 13.0 Å². The van der Waals surface area contributed by atoms with E-state index < -0.39 is 0 Å². The zero-order valence-electron chi connectivity index (χ0n) is 2.49. The largest absolute Gasteiger partial charge is 0.298 e. The highest BCUT2D eigenvalue weighted by atomic mass is 16.2. The van der Waals surface area contributed by atoms with Gasteiger partial charge < -0.3 is 0 Å². The average Bonchev–Trinajstić information content (AvgIpc) is 1.37. The molecule has 0 bridgehead atoms. The highest BCUT2D eigenvalue weighted by Crippen LogP contribution is 1.50. The molecule has 1 heteroatoms. The summed E-state index contributed by atoms with van der Waals surface area (Å²) < 4.78 is 0. The van der Waals surface area contributed by atoms with Crippen LogP contribution in [0.15, 0.2) is 6.26 Å². The zero-order chi connectivity index (χ0) is 3.41. The van der Waals surface area contributed by atoms with Crippen molar-refractivity contribution in [1.29, 1.82) is 0 Å². The van der Waals surface area contributed by atoms with E-state index >= 15 is 0 Å². The molecule has 0 heterocycles. The first-order valence-corrected chi connectivity index (χ1v) is 1.02. The Morgan fingerprint density at radius 2 is 2.25 bits per heavy atom. The second kappa shape index (κ2) is 2.54. The maximum Gasteiger partial charge on any atom is 0.146 e. The fraction of sp³-hybridized carbons (Fsp3) is 0.333. The summed E-state index contributed by atoms with van der Waals surface area (Å²) in [6.07, 6.45) is 2.88. The van der Waals surface area contributed by atoms with Crippen LogP contribution in [-0.2, 0) is 5.11 Å². The van der Waals surface area contributed by atoms with Gasteiger partial charge in [-0.3, -0.25) is 5.11 Å². The van der Waals surface area contributed by atoms with Crippen LogP contribution in [0.3, 0.4) is 0 Å². The molecule has 0 saturated carbocycles. The maximum atomic E-state index is 9.06. The van der Waals surface area contributed by atoms with E-state index in [1.54, 1.807) is 6.92 Å². The van der Waals surface area contributed by atoms with Crippen molar-refractivity contribution in [3.63, 3.8) is 0 Å². The molecule has 0 aliphatic carbocycles. The number of hydrogen-bond donors (Lipinski definition) is 0. The van der Waals surface area contributed by atoms with Crippen molar-refractivity contribution in [2.45, 2.75) is 6.92 Å². The van der Waals surface area contributed by atoms with Gasteiger partial charge in [-0.25, -0.2) is 0 Å². The smallest absolute Gasteiger partial charge is 0.146 e. The van der Waals surface area contributed by atoms with E-state index in [4.69, 9.17) is 5.11 Å². The summed E-state index contributed by atoms with van der Waals surface area (Å²) in [6, 6.07) is 0. The molecule has 1 nitrogen and oxygen atoms in total. The highest BCUT2D eigenvalue weighted by Gasteiger charge is 1.42. The van der Waals surface area contributed by atoms with Crippen LogP contribution in [0.25, 0.3) is 0 Å². The molecule has 0 spiro atoms.